The lowest BCUT2D eigenvalue weighted by Crippen LogP contribution is -2.61. The molecule has 2 aromatic rings. The molecule has 0 unspecified atom stereocenters. The molecular weight excluding hydrogens is 445 g/mol. The van der Waals surface area contributed by atoms with Gasteiger partial charge in [-0.1, -0.05) is 48.8 Å². The molecule has 3 heterocycles. The predicted octanol–water partition coefficient (Wildman–Crippen LogP) is 4.92. The molecule has 2 aromatic carbocycles. The first-order chi connectivity index (χ1) is 16.8. The number of carboxylic acid groups (broad SMARTS) is 1. The minimum absolute atomic E-state index is 0.214. The maximum atomic E-state index is 13.4. The molecule has 0 radical (unpaired) electrons. The SMILES string of the molecule is CCCc1cc(CN2CC3(CC(N4CCC(C)(C(=O)O)CC4)=NO3)C2)ccc1-c1ccc(F)cc1. The highest BCUT2D eigenvalue weighted by molar-refractivity contribution is 5.85. The van der Waals surface area contributed by atoms with Gasteiger partial charge in [0.05, 0.1) is 11.8 Å². The highest BCUT2D eigenvalue weighted by Gasteiger charge is 2.51. The molecule has 0 aromatic heterocycles. The molecule has 0 saturated carbocycles. The number of benzene rings is 2. The summed E-state index contributed by atoms with van der Waals surface area (Å²) >= 11 is 0. The maximum Gasteiger partial charge on any atom is 0.309 e. The van der Waals surface area contributed by atoms with Crippen molar-refractivity contribution < 1.29 is 19.1 Å². The number of piperidine rings is 1. The van der Waals surface area contributed by atoms with E-state index in [0.29, 0.717) is 25.9 Å². The second-order valence-corrected chi connectivity index (χ2v) is 10.7. The van der Waals surface area contributed by atoms with Crippen molar-refractivity contribution in [2.75, 3.05) is 26.2 Å². The zero-order valence-corrected chi connectivity index (χ0v) is 20.6. The van der Waals surface area contributed by atoms with Crippen molar-refractivity contribution in [3.63, 3.8) is 0 Å². The number of carboxylic acids is 1. The number of oxime groups is 1. The molecule has 0 amide bonds. The Kier molecular flexibility index (Phi) is 6.30. The molecular formula is C28H34FN3O3. The van der Waals surface area contributed by atoms with Crippen molar-refractivity contribution in [2.24, 2.45) is 10.6 Å². The lowest BCUT2D eigenvalue weighted by Gasteiger charge is -2.45. The Morgan fingerprint density at radius 3 is 2.51 bits per heavy atom. The fraction of sp³-hybridized carbons (Fsp3) is 0.500. The standard InChI is InChI=1S/C28H34FN3O3/c1-3-4-22-15-20(5-10-24(22)21-6-8-23(29)9-7-21)17-31-18-28(19-31)16-25(30-35-28)32-13-11-27(2,12-14-32)26(33)34/h5-10,15H,3-4,11-14,16-19H2,1-2H3,(H,33,34). The maximum absolute atomic E-state index is 13.4. The van der Waals surface area contributed by atoms with E-state index in [1.54, 1.807) is 0 Å². The third kappa shape index (κ3) is 4.79. The predicted molar refractivity (Wildman–Crippen MR) is 134 cm³/mol. The molecule has 186 valence electrons. The van der Waals surface area contributed by atoms with Crippen molar-refractivity contribution in [3.05, 3.63) is 59.4 Å². The summed E-state index contributed by atoms with van der Waals surface area (Å²) in [6.07, 6.45) is 4.10. The minimum Gasteiger partial charge on any atom is -0.481 e. The number of nitrogens with zero attached hydrogens (tertiary/aromatic N) is 3. The van der Waals surface area contributed by atoms with Gasteiger partial charge in [-0.05, 0) is 60.6 Å². The number of aryl methyl sites for hydroxylation is 1. The number of likely N-dealkylation sites (tertiary alicyclic amines) is 2. The van der Waals surface area contributed by atoms with Gasteiger partial charge in [-0.3, -0.25) is 9.69 Å². The van der Waals surface area contributed by atoms with Gasteiger partial charge in [0.25, 0.3) is 0 Å². The van der Waals surface area contributed by atoms with Crippen LogP contribution in [0.15, 0.2) is 47.6 Å². The lowest BCUT2D eigenvalue weighted by molar-refractivity contribution is -0.150. The average Bonchev–Trinajstić information content (AvgIpc) is 3.26. The molecule has 0 atom stereocenters. The van der Waals surface area contributed by atoms with Gasteiger partial charge in [0, 0.05) is 32.7 Å². The zero-order chi connectivity index (χ0) is 24.6. The van der Waals surface area contributed by atoms with Gasteiger partial charge in [-0.25, -0.2) is 4.39 Å². The van der Waals surface area contributed by atoms with Crippen LogP contribution < -0.4 is 0 Å². The van der Waals surface area contributed by atoms with E-state index >= 15 is 0 Å². The number of aliphatic carboxylic acids is 1. The highest BCUT2D eigenvalue weighted by Crippen LogP contribution is 2.38. The van der Waals surface area contributed by atoms with Gasteiger partial charge in [0.2, 0.25) is 0 Å². The van der Waals surface area contributed by atoms with E-state index in [0.717, 1.165) is 50.3 Å². The monoisotopic (exact) mass is 479 g/mol. The van der Waals surface area contributed by atoms with Crippen LogP contribution >= 0.6 is 0 Å². The van der Waals surface area contributed by atoms with Gasteiger partial charge in [0.1, 0.15) is 11.7 Å². The molecule has 1 spiro atoms. The molecule has 2 saturated heterocycles. The van der Waals surface area contributed by atoms with Gasteiger partial charge in [-0.15, -0.1) is 0 Å². The second-order valence-electron chi connectivity index (χ2n) is 10.7. The van der Waals surface area contributed by atoms with Crippen LogP contribution in [0.2, 0.25) is 0 Å². The minimum atomic E-state index is -0.708. The summed E-state index contributed by atoms with van der Waals surface area (Å²) in [5.74, 6) is 0.0426. The van der Waals surface area contributed by atoms with Gasteiger partial charge < -0.3 is 14.8 Å². The van der Waals surface area contributed by atoms with E-state index in [1.165, 1.54) is 28.8 Å². The fourth-order valence-electron chi connectivity index (χ4n) is 5.58. The molecule has 3 aliphatic heterocycles. The number of rotatable bonds is 6. The Hall–Kier alpha value is -2.93. The first-order valence-electron chi connectivity index (χ1n) is 12.6. The Labute approximate surface area is 206 Å². The summed E-state index contributed by atoms with van der Waals surface area (Å²) in [6.45, 7) is 7.98. The topological polar surface area (TPSA) is 65.4 Å². The first-order valence-corrected chi connectivity index (χ1v) is 12.6. The van der Waals surface area contributed by atoms with Crippen LogP contribution in [-0.4, -0.2) is 58.5 Å². The Morgan fingerprint density at radius 2 is 1.86 bits per heavy atom. The van der Waals surface area contributed by atoms with E-state index in [4.69, 9.17) is 4.84 Å². The van der Waals surface area contributed by atoms with E-state index < -0.39 is 11.4 Å². The summed E-state index contributed by atoms with van der Waals surface area (Å²) in [5.41, 5.74) is 3.92. The molecule has 0 aliphatic carbocycles. The molecule has 7 heteroatoms. The van der Waals surface area contributed by atoms with Gasteiger partial charge in [-0.2, -0.15) is 0 Å². The molecule has 6 nitrogen and oxygen atoms in total. The number of hydrogen-bond acceptors (Lipinski definition) is 5. The summed E-state index contributed by atoms with van der Waals surface area (Å²) in [7, 11) is 0. The van der Waals surface area contributed by atoms with Crippen LogP contribution in [0.4, 0.5) is 4.39 Å². The zero-order valence-electron chi connectivity index (χ0n) is 20.6. The molecule has 0 bridgehead atoms. The summed E-state index contributed by atoms with van der Waals surface area (Å²) in [6, 6.07) is 13.4. The highest BCUT2D eigenvalue weighted by atomic mass is 19.1. The van der Waals surface area contributed by atoms with Crippen LogP contribution in [0, 0.1) is 11.2 Å². The Bertz CT molecular complexity index is 1120. The quantitative estimate of drug-likeness (QED) is 0.637. The number of hydrogen-bond donors (Lipinski definition) is 1. The Balaban J connectivity index is 1.17. The van der Waals surface area contributed by atoms with Gasteiger partial charge >= 0.3 is 5.97 Å². The summed E-state index contributed by atoms with van der Waals surface area (Å²) in [4.78, 5) is 22.0. The van der Waals surface area contributed by atoms with Crippen molar-refractivity contribution in [1.29, 1.82) is 0 Å². The normalized spacial score (nSPS) is 20.9. The molecule has 5 rings (SSSR count). The van der Waals surface area contributed by atoms with Crippen LogP contribution in [0.1, 0.15) is 50.7 Å². The third-order valence-electron chi connectivity index (χ3n) is 7.85. The molecule has 35 heavy (non-hydrogen) atoms. The Morgan fingerprint density at radius 1 is 1.14 bits per heavy atom. The van der Waals surface area contributed by atoms with Crippen LogP contribution in [0.3, 0.4) is 0 Å². The summed E-state index contributed by atoms with van der Waals surface area (Å²) < 4.78 is 13.4. The van der Waals surface area contributed by atoms with E-state index in [9.17, 15) is 14.3 Å². The average molecular weight is 480 g/mol. The second kappa shape index (κ2) is 9.26. The van der Waals surface area contributed by atoms with E-state index in [1.807, 2.05) is 19.1 Å². The largest absolute Gasteiger partial charge is 0.481 e. The van der Waals surface area contributed by atoms with Crippen molar-refractivity contribution >= 4 is 11.8 Å². The molecule has 1 N–H and O–H groups in total. The smallest absolute Gasteiger partial charge is 0.309 e. The number of carbonyl (C=O) groups is 1. The van der Waals surface area contributed by atoms with E-state index in [2.05, 4.69) is 40.1 Å². The molecule has 3 aliphatic rings. The molecule has 2 fully saturated rings. The van der Waals surface area contributed by atoms with Crippen LogP contribution in [0.5, 0.6) is 0 Å². The number of halogens is 1. The van der Waals surface area contributed by atoms with Gasteiger partial charge in [0.15, 0.2) is 5.60 Å². The van der Waals surface area contributed by atoms with Crippen LogP contribution in [-0.2, 0) is 22.6 Å². The summed E-state index contributed by atoms with van der Waals surface area (Å²) in [5, 5.41) is 13.9. The fourth-order valence-corrected chi connectivity index (χ4v) is 5.58. The van der Waals surface area contributed by atoms with Crippen molar-refractivity contribution in [3.8, 4) is 11.1 Å². The van der Waals surface area contributed by atoms with E-state index in [-0.39, 0.29) is 11.4 Å². The first kappa shape index (κ1) is 23.8. The van der Waals surface area contributed by atoms with Crippen LogP contribution in [0.25, 0.3) is 11.1 Å². The third-order valence-corrected chi connectivity index (χ3v) is 7.85. The lowest BCUT2D eigenvalue weighted by atomic mass is 9.80. The van der Waals surface area contributed by atoms with Crippen molar-refractivity contribution in [2.45, 2.75) is 58.1 Å². The van der Waals surface area contributed by atoms with Crippen molar-refractivity contribution in [1.82, 2.24) is 9.80 Å². The number of amidine groups is 1.